The Bertz CT molecular complexity index is 519. The molecule has 1 amide bonds. The number of hydrogen-bond donors (Lipinski definition) is 2. The topological polar surface area (TPSA) is 56.7 Å². The van der Waals surface area contributed by atoms with E-state index in [1.807, 2.05) is 19.9 Å². The highest BCUT2D eigenvalue weighted by atomic mass is 127. The van der Waals surface area contributed by atoms with Crippen LogP contribution in [0.4, 0.5) is 5.69 Å². The number of carbonyl (C=O) groups excluding carboxylic acids is 1. The van der Waals surface area contributed by atoms with Crippen LogP contribution in [-0.4, -0.2) is 38.0 Å². The van der Waals surface area contributed by atoms with Gasteiger partial charge in [0.1, 0.15) is 6.54 Å². The number of para-hydroxylation sites is 1. The molecule has 2 N–H and O–H groups in total. The van der Waals surface area contributed by atoms with Gasteiger partial charge < -0.3 is 15.5 Å². The number of anilines is 1. The van der Waals surface area contributed by atoms with Crippen molar-refractivity contribution in [3.05, 3.63) is 29.8 Å². The third-order valence-corrected chi connectivity index (χ3v) is 3.42. The van der Waals surface area contributed by atoms with Crippen LogP contribution in [0.25, 0.3) is 0 Å². The van der Waals surface area contributed by atoms with Crippen LogP contribution in [0.1, 0.15) is 25.8 Å². The van der Waals surface area contributed by atoms with Crippen molar-refractivity contribution in [2.24, 2.45) is 4.99 Å². The number of fused-ring (bicyclic) bond motifs is 1. The first-order chi connectivity index (χ1) is 10.3. The van der Waals surface area contributed by atoms with Gasteiger partial charge in [0, 0.05) is 25.3 Å². The predicted octanol–water partition coefficient (Wildman–Crippen LogP) is 2.16. The van der Waals surface area contributed by atoms with Gasteiger partial charge in [-0.05, 0) is 31.4 Å². The third kappa shape index (κ3) is 4.86. The monoisotopic (exact) mass is 416 g/mol. The first kappa shape index (κ1) is 18.7. The number of halogens is 1. The van der Waals surface area contributed by atoms with Gasteiger partial charge in [-0.1, -0.05) is 25.1 Å². The second kappa shape index (κ2) is 9.66. The van der Waals surface area contributed by atoms with Crippen LogP contribution >= 0.6 is 24.0 Å². The normalized spacial score (nSPS) is 13.4. The van der Waals surface area contributed by atoms with Crippen molar-refractivity contribution in [1.29, 1.82) is 0 Å². The average molecular weight is 416 g/mol. The Morgan fingerprint density at radius 2 is 2.05 bits per heavy atom. The van der Waals surface area contributed by atoms with Crippen molar-refractivity contribution in [2.75, 3.05) is 31.1 Å². The molecule has 22 heavy (non-hydrogen) atoms. The number of amides is 1. The van der Waals surface area contributed by atoms with Crippen LogP contribution in [-0.2, 0) is 11.2 Å². The molecule has 0 fully saturated rings. The Hall–Kier alpha value is -1.31. The van der Waals surface area contributed by atoms with Gasteiger partial charge in [0.05, 0.1) is 0 Å². The fourth-order valence-electron chi connectivity index (χ4n) is 2.42. The van der Waals surface area contributed by atoms with Crippen molar-refractivity contribution < 1.29 is 4.79 Å². The molecular weight excluding hydrogens is 391 g/mol. The Labute approximate surface area is 149 Å². The molecule has 122 valence electrons. The van der Waals surface area contributed by atoms with Gasteiger partial charge in [0.15, 0.2) is 5.96 Å². The minimum Gasteiger partial charge on any atom is -0.356 e. The van der Waals surface area contributed by atoms with Crippen LogP contribution in [0.2, 0.25) is 0 Å². The molecule has 0 aliphatic carbocycles. The fraction of sp³-hybridized carbons (Fsp3) is 0.500. The van der Waals surface area contributed by atoms with E-state index in [2.05, 4.69) is 38.7 Å². The first-order valence-corrected chi connectivity index (χ1v) is 7.66. The number of carbonyl (C=O) groups is 1. The lowest BCUT2D eigenvalue weighted by atomic mass is 10.2. The van der Waals surface area contributed by atoms with Gasteiger partial charge in [-0.3, -0.25) is 4.79 Å². The molecule has 0 unspecified atom stereocenters. The van der Waals surface area contributed by atoms with Crippen LogP contribution in [0.3, 0.4) is 0 Å². The van der Waals surface area contributed by atoms with E-state index in [1.165, 1.54) is 11.3 Å². The molecule has 5 nitrogen and oxygen atoms in total. The van der Waals surface area contributed by atoms with Crippen molar-refractivity contribution in [1.82, 2.24) is 10.6 Å². The summed E-state index contributed by atoms with van der Waals surface area (Å²) in [7, 11) is 0. The summed E-state index contributed by atoms with van der Waals surface area (Å²) in [4.78, 5) is 18.3. The number of rotatable bonds is 5. The number of nitrogens with zero attached hydrogens (tertiary/aromatic N) is 2. The largest absolute Gasteiger partial charge is 0.356 e. The third-order valence-electron chi connectivity index (χ3n) is 3.42. The summed E-state index contributed by atoms with van der Waals surface area (Å²) in [6, 6.07) is 8.35. The molecule has 0 saturated heterocycles. The molecule has 1 aromatic rings. The molecule has 0 saturated carbocycles. The van der Waals surface area contributed by atoms with Crippen LogP contribution in [0.5, 0.6) is 0 Å². The zero-order chi connectivity index (χ0) is 15.1. The summed E-state index contributed by atoms with van der Waals surface area (Å²) in [6.07, 6.45) is 1.96. The van der Waals surface area contributed by atoms with Gasteiger partial charge in [-0.15, -0.1) is 24.0 Å². The summed E-state index contributed by atoms with van der Waals surface area (Å²) in [6.45, 7) is 6.64. The van der Waals surface area contributed by atoms with Crippen LogP contribution < -0.4 is 15.5 Å². The van der Waals surface area contributed by atoms with E-state index in [-0.39, 0.29) is 36.4 Å². The molecule has 6 heteroatoms. The van der Waals surface area contributed by atoms with Crippen molar-refractivity contribution in [3.8, 4) is 0 Å². The maximum atomic E-state index is 11.7. The minimum atomic E-state index is -0.0280. The first-order valence-electron chi connectivity index (χ1n) is 7.66. The molecule has 2 rings (SSSR count). The molecule has 1 aliphatic rings. The molecule has 0 aromatic heterocycles. The van der Waals surface area contributed by atoms with Gasteiger partial charge in [0.25, 0.3) is 0 Å². The average Bonchev–Trinajstić information content (AvgIpc) is 2.93. The number of guanidine groups is 1. The van der Waals surface area contributed by atoms with Gasteiger partial charge in [-0.25, -0.2) is 4.99 Å². The Kier molecular flexibility index (Phi) is 8.22. The van der Waals surface area contributed by atoms with Crippen LogP contribution in [0.15, 0.2) is 29.3 Å². The van der Waals surface area contributed by atoms with Crippen molar-refractivity contribution in [2.45, 2.75) is 26.7 Å². The second-order valence-corrected chi connectivity index (χ2v) is 5.05. The smallest absolute Gasteiger partial charge is 0.241 e. The van der Waals surface area contributed by atoms with E-state index in [9.17, 15) is 4.79 Å². The zero-order valence-corrected chi connectivity index (χ0v) is 15.6. The number of benzene rings is 1. The van der Waals surface area contributed by atoms with Crippen molar-refractivity contribution in [3.63, 3.8) is 0 Å². The van der Waals surface area contributed by atoms with Crippen LogP contribution in [0, 0.1) is 0 Å². The number of nitrogens with one attached hydrogen (secondary N) is 2. The highest BCUT2D eigenvalue weighted by Crippen LogP contribution is 2.27. The maximum absolute atomic E-state index is 11.7. The predicted molar refractivity (Wildman–Crippen MR) is 102 cm³/mol. The quantitative estimate of drug-likeness (QED) is 0.440. The maximum Gasteiger partial charge on any atom is 0.241 e. The van der Waals surface area contributed by atoms with Gasteiger partial charge in [-0.2, -0.15) is 0 Å². The van der Waals surface area contributed by atoms with E-state index in [1.54, 1.807) is 0 Å². The summed E-state index contributed by atoms with van der Waals surface area (Å²) < 4.78 is 0. The van der Waals surface area contributed by atoms with Crippen molar-refractivity contribution >= 4 is 41.5 Å². The number of hydrogen-bond acceptors (Lipinski definition) is 2. The summed E-state index contributed by atoms with van der Waals surface area (Å²) in [5.74, 6) is 0.758. The fourth-order valence-corrected chi connectivity index (χ4v) is 2.42. The second-order valence-electron chi connectivity index (χ2n) is 5.05. The summed E-state index contributed by atoms with van der Waals surface area (Å²) in [5.41, 5.74) is 2.52. The van der Waals surface area contributed by atoms with Gasteiger partial charge >= 0.3 is 0 Å². The SMILES string of the molecule is CCCNC(=O)CN=C(NCC)N1CCc2ccccc21.I. The van der Waals surface area contributed by atoms with E-state index >= 15 is 0 Å². The Morgan fingerprint density at radius 1 is 1.27 bits per heavy atom. The molecule has 1 aliphatic heterocycles. The minimum absolute atomic E-state index is 0. The summed E-state index contributed by atoms with van der Waals surface area (Å²) >= 11 is 0. The van der Waals surface area contributed by atoms with E-state index < -0.39 is 0 Å². The molecule has 0 spiro atoms. The lowest BCUT2D eigenvalue weighted by molar-refractivity contribution is -0.119. The van der Waals surface area contributed by atoms with E-state index in [4.69, 9.17) is 0 Å². The van der Waals surface area contributed by atoms with E-state index in [0.29, 0.717) is 6.54 Å². The van der Waals surface area contributed by atoms with Gasteiger partial charge in [0.2, 0.25) is 5.91 Å². The Morgan fingerprint density at radius 3 is 2.77 bits per heavy atom. The lowest BCUT2D eigenvalue weighted by Crippen LogP contribution is -2.41. The highest BCUT2D eigenvalue weighted by molar-refractivity contribution is 14.0. The molecule has 0 radical (unpaired) electrons. The Balaban J connectivity index is 0.00000242. The highest BCUT2D eigenvalue weighted by Gasteiger charge is 2.22. The summed E-state index contributed by atoms with van der Waals surface area (Å²) in [5, 5.41) is 6.12. The molecule has 1 heterocycles. The standard InChI is InChI=1S/C16H24N4O.HI/c1-3-10-18-15(21)12-19-16(17-4-2)20-11-9-13-7-5-6-8-14(13)20;/h5-8H,3-4,9-12H2,1-2H3,(H,17,19)(H,18,21);1H. The molecule has 0 atom stereocenters. The molecule has 0 bridgehead atoms. The zero-order valence-electron chi connectivity index (χ0n) is 13.3. The number of aliphatic imine (C=N–C) groups is 1. The molecular formula is C16H25IN4O. The molecule has 1 aromatic carbocycles. The lowest BCUT2D eigenvalue weighted by Gasteiger charge is -2.22. The van der Waals surface area contributed by atoms with E-state index in [0.717, 1.165) is 31.9 Å².